The van der Waals surface area contributed by atoms with Crippen LogP contribution in [0, 0.1) is 5.41 Å². The third-order valence-electron chi connectivity index (χ3n) is 6.11. The van der Waals surface area contributed by atoms with Crippen LogP contribution in [0.5, 0.6) is 11.5 Å². The largest absolute Gasteiger partial charge is 0.497 e. The molecule has 28 heavy (non-hydrogen) atoms. The minimum atomic E-state index is -0.203. The first kappa shape index (κ1) is 18.8. The maximum Gasteiger partial charge on any atom is 0.230 e. The van der Waals surface area contributed by atoms with Crippen LogP contribution < -0.4 is 9.47 Å². The van der Waals surface area contributed by atoms with E-state index in [4.69, 9.17) is 9.47 Å². The molecule has 0 saturated carbocycles. The number of ether oxygens (including phenoxy) is 2. The van der Waals surface area contributed by atoms with Gasteiger partial charge in [0, 0.05) is 26.2 Å². The van der Waals surface area contributed by atoms with E-state index < -0.39 is 0 Å². The van der Waals surface area contributed by atoms with Gasteiger partial charge in [-0.3, -0.25) is 9.69 Å². The Balaban J connectivity index is 1.38. The van der Waals surface area contributed by atoms with Crippen LogP contribution in [0.1, 0.15) is 24.0 Å². The molecule has 0 bridgehead atoms. The highest BCUT2D eigenvalue weighted by Gasteiger charge is 2.50. The van der Waals surface area contributed by atoms with Gasteiger partial charge in [-0.15, -0.1) is 0 Å². The molecular weight excluding hydrogens is 352 g/mol. The van der Waals surface area contributed by atoms with E-state index in [1.54, 1.807) is 14.2 Å². The third kappa shape index (κ3) is 3.72. The second-order valence-electron chi connectivity index (χ2n) is 7.92. The number of hydrogen-bond acceptors (Lipinski definition) is 4. The van der Waals surface area contributed by atoms with Gasteiger partial charge in [0.1, 0.15) is 11.5 Å². The molecule has 1 spiro atoms. The number of carbonyl (C=O) groups is 1. The van der Waals surface area contributed by atoms with Gasteiger partial charge in [-0.05, 0) is 54.8 Å². The van der Waals surface area contributed by atoms with Gasteiger partial charge in [0.15, 0.2) is 0 Å². The van der Waals surface area contributed by atoms with Crippen molar-refractivity contribution >= 4 is 5.91 Å². The van der Waals surface area contributed by atoms with Crippen LogP contribution in [-0.2, 0) is 17.9 Å². The Hall–Kier alpha value is -2.53. The average molecular weight is 380 g/mol. The summed E-state index contributed by atoms with van der Waals surface area (Å²) in [6, 6.07) is 16.2. The molecule has 4 rings (SSSR count). The zero-order chi connectivity index (χ0) is 19.6. The molecule has 0 radical (unpaired) electrons. The monoisotopic (exact) mass is 380 g/mol. The Morgan fingerprint density at radius 2 is 1.64 bits per heavy atom. The molecule has 5 nitrogen and oxygen atoms in total. The molecule has 0 unspecified atom stereocenters. The van der Waals surface area contributed by atoms with Gasteiger partial charge in [0.2, 0.25) is 5.91 Å². The van der Waals surface area contributed by atoms with Crippen LogP contribution in [0.25, 0.3) is 0 Å². The molecule has 2 fully saturated rings. The van der Waals surface area contributed by atoms with Gasteiger partial charge < -0.3 is 14.4 Å². The molecule has 2 aliphatic heterocycles. The molecule has 148 valence electrons. The number of nitrogens with zero attached hydrogens (tertiary/aromatic N) is 2. The number of amides is 1. The second kappa shape index (κ2) is 7.84. The van der Waals surface area contributed by atoms with Crippen molar-refractivity contribution in [2.75, 3.05) is 33.9 Å². The molecule has 2 heterocycles. The summed E-state index contributed by atoms with van der Waals surface area (Å²) in [7, 11) is 3.35. The minimum absolute atomic E-state index is 0.203. The van der Waals surface area contributed by atoms with Gasteiger partial charge in [0.05, 0.1) is 19.6 Å². The van der Waals surface area contributed by atoms with Crippen molar-refractivity contribution in [3.63, 3.8) is 0 Å². The van der Waals surface area contributed by atoms with E-state index in [2.05, 4.69) is 23.1 Å². The Kier molecular flexibility index (Phi) is 5.27. The van der Waals surface area contributed by atoms with Gasteiger partial charge >= 0.3 is 0 Å². The Morgan fingerprint density at radius 3 is 2.39 bits per heavy atom. The molecular formula is C23H28N2O3. The van der Waals surface area contributed by atoms with Crippen molar-refractivity contribution in [1.29, 1.82) is 0 Å². The molecule has 0 aliphatic carbocycles. The van der Waals surface area contributed by atoms with Crippen LogP contribution in [-0.4, -0.2) is 49.6 Å². The summed E-state index contributed by atoms with van der Waals surface area (Å²) in [5.41, 5.74) is 2.18. The first-order chi connectivity index (χ1) is 13.6. The minimum Gasteiger partial charge on any atom is -0.497 e. The molecule has 2 aliphatic rings. The van der Waals surface area contributed by atoms with Crippen molar-refractivity contribution in [3.05, 3.63) is 59.7 Å². The van der Waals surface area contributed by atoms with Crippen molar-refractivity contribution in [2.24, 2.45) is 5.41 Å². The zero-order valence-electron chi connectivity index (χ0n) is 16.7. The first-order valence-corrected chi connectivity index (χ1v) is 9.89. The second-order valence-corrected chi connectivity index (χ2v) is 7.92. The van der Waals surface area contributed by atoms with Crippen molar-refractivity contribution in [2.45, 2.75) is 25.9 Å². The lowest BCUT2D eigenvalue weighted by Gasteiger charge is -2.24. The maximum absolute atomic E-state index is 13.2. The third-order valence-corrected chi connectivity index (χ3v) is 6.11. The van der Waals surface area contributed by atoms with Gasteiger partial charge in [-0.2, -0.15) is 0 Å². The predicted octanol–water partition coefficient (Wildman–Crippen LogP) is 3.33. The summed E-state index contributed by atoms with van der Waals surface area (Å²) in [6.45, 7) is 4.22. The molecule has 0 aromatic heterocycles. The molecule has 5 heteroatoms. The number of likely N-dealkylation sites (tertiary alicyclic amines) is 2. The lowest BCUT2D eigenvalue weighted by molar-refractivity contribution is -0.136. The standard InChI is InChI=1S/C23H28N2O3/c1-27-20-8-6-18(7-9-20)15-24-12-10-23(17-24)11-13-25(22(23)26)16-19-4-3-5-21(14-19)28-2/h3-9,14H,10-13,15-17H2,1-2H3/t23-/m1/s1. The topological polar surface area (TPSA) is 42.0 Å². The van der Waals surface area contributed by atoms with Crippen LogP contribution in [0.4, 0.5) is 0 Å². The van der Waals surface area contributed by atoms with E-state index in [1.807, 2.05) is 35.2 Å². The van der Waals surface area contributed by atoms with Gasteiger partial charge in [0.25, 0.3) is 0 Å². The Bertz CT molecular complexity index is 836. The highest BCUT2D eigenvalue weighted by Crippen LogP contribution is 2.41. The normalized spacial score (nSPS) is 22.2. The van der Waals surface area contributed by atoms with Crippen LogP contribution in [0.15, 0.2) is 48.5 Å². The van der Waals surface area contributed by atoms with E-state index in [9.17, 15) is 4.79 Å². The van der Waals surface area contributed by atoms with E-state index in [0.29, 0.717) is 12.5 Å². The summed E-state index contributed by atoms with van der Waals surface area (Å²) in [4.78, 5) is 17.7. The Labute approximate surface area is 166 Å². The predicted molar refractivity (Wildman–Crippen MR) is 108 cm³/mol. The molecule has 2 saturated heterocycles. The van der Waals surface area contributed by atoms with Crippen molar-refractivity contribution < 1.29 is 14.3 Å². The number of carbonyl (C=O) groups excluding carboxylic acids is 1. The fourth-order valence-electron chi connectivity index (χ4n) is 4.50. The zero-order valence-corrected chi connectivity index (χ0v) is 16.7. The van der Waals surface area contributed by atoms with Crippen molar-refractivity contribution in [1.82, 2.24) is 9.80 Å². The summed E-state index contributed by atoms with van der Waals surface area (Å²) in [5, 5.41) is 0. The number of methoxy groups -OCH3 is 2. The number of hydrogen-bond donors (Lipinski definition) is 0. The molecule has 0 N–H and O–H groups in total. The highest BCUT2D eigenvalue weighted by atomic mass is 16.5. The smallest absolute Gasteiger partial charge is 0.230 e. The van der Waals surface area contributed by atoms with E-state index in [1.165, 1.54) is 5.56 Å². The van der Waals surface area contributed by atoms with Crippen molar-refractivity contribution in [3.8, 4) is 11.5 Å². The Morgan fingerprint density at radius 1 is 0.893 bits per heavy atom. The fraction of sp³-hybridized carbons (Fsp3) is 0.435. The highest BCUT2D eigenvalue weighted by molar-refractivity contribution is 5.85. The van der Waals surface area contributed by atoms with E-state index in [0.717, 1.165) is 56.1 Å². The SMILES string of the molecule is COc1ccc(CN2CC[C@@]3(CCN(Cc4cccc(OC)c4)C3=O)C2)cc1. The van der Waals surface area contributed by atoms with Crippen LogP contribution in [0.2, 0.25) is 0 Å². The summed E-state index contributed by atoms with van der Waals surface area (Å²) in [5.74, 6) is 2.03. The van der Waals surface area contributed by atoms with Crippen LogP contribution >= 0.6 is 0 Å². The quantitative estimate of drug-likeness (QED) is 0.771. The maximum atomic E-state index is 13.2. The van der Waals surface area contributed by atoms with E-state index >= 15 is 0 Å². The summed E-state index contributed by atoms with van der Waals surface area (Å²) >= 11 is 0. The first-order valence-electron chi connectivity index (χ1n) is 9.89. The lowest BCUT2D eigenvalue weighted by atomic mass is 9.85. The summed E-state index contributed by atoms with van der Waals surface area (Å²) < 4.78 is 10.5. The molecule has 1 amide bonds. The fourth-order valence-corrected chi connectivity index (χ4v) is 4.50. The van der Waals surface area contributed by atoms with Crippen LogP contribution in [0.3, 0.4) is 0 Å². The lowest BCUT2D eigenvalue weighted by Crippen LogP contribution is -2.36. The summed E-state index contributed by atoms with van der Waals surface area (Å²) in [6.07, 6.45) is 1.91. The van der Waals surface area contributed by atoms with Gasteiger partial charge in [-0.25, -0.2) is 0 Å². The average Bonchev–Trinajstić information content (AvgIpc) is 3.27. The number of benzene rings is 2. The van der Waals surface area contributed by atoms with Gasteiger partial charge in [-0.1, -0.05) is 24.3 Å². The molecule has 2 aromatic rings. The number of rotatable bonds is 6. The molecule has 1 atom stereocenters. The van der Waals surface area contributed by atoms with E-state index in [-0.39, 0.29) is 5.41 Å². The molecule has 2 aromatic carbocycles.